The lowest BCUT2D eigenvalue weighted by Gasteiger charge is -2.56. The van der Waals surface area contributed by atoms with Gasteiger partial charge in [0.15, 0.2) is 0 Å². The molecular formula is C28H27FN2O2. The lowest BCUT2D eigenvalue weighted by molar-refractivity contribution is -0.105. The van der Waals surface area contributed by atoms with Crippen LogP contribution in [0, 0.1) is 5.82 Å². The van der Waals surface area contributed by atoms with Gasteiger partial charge in [0.25, 0.3) is 0 Å². The minimum atomic E-state index is -1.02. The Balaban J connectivity index is 1.46. The number of β-amino-alcohol motifs (C(OH)–C–C–N with tert-alkyl or cyclic N) is 1. The van der Waals surface area contributed by atoms with E-state index >= 15 is 0 Å². The highest BCUT2D eigenvalue weighted by molar-refractivity contribution is 5.85. The number of nitrogens with zero attached hydrogens (tertiary/aromatic N) is 1. The summed E-state index contributed by atoms with van der Waals surface area (Å²) in [6.07, 6.45) is 1.87. The van der Waals surface area contributed by atoms with Crippen LogP contribution in [0.25, 0.3) is 10.9 Å². The van der Waals surface area contributed by atoms with Crippen LogP contribution in [-0.4, -0.2) is 38.8 Å². The number of piperidine rings is 1. The lowest BCUT2D eigenvalue weighted by atomic mass is 9.56. The molecule has 4 aromatic rings. The van der Waals surface area contributed by atoms with Crippen LogP contribution in [0.3, 0.4) is 0 Å². The molecule has 2 unspecified atom stereocenters. The van der Waals surface area contributed by atoms with Crippen LogP contribution in [0.4, 0.5) is 4.39 Å². The summed E-state index contributed by atoms with van der Waals surface area (Å²) in [5.41, 5.74) is 3.53. The van der Waals surface area contributed by atoms with Gasteiger partial charge >= 0.3 is 0 Å². The largest absolute Gasteiger partial charge is 0.508 e. The van der Waals surface area contributed by atoms with Crippen LogP contribution in [0.5, 0.6) is 5.75 Å². The highest BCUT2D eigenvalue weighted by atomic mass is 19.1. The number of phenolic OH excluding ortho intramolecular Hbond substituents is 1. The molecule has 168 valence electrons. The molecular weight excluding hydrogens is 415 g/mol. The average Bonchev–Trinajstić information content (AvgIpc) is 3.13. The molecule has 6 rings (SSSR count). The fourth-order valence-electron chi connectivity index (χ4n) is 6.19. The highest BCUT2D eigenvalue weighted by Crippen LogP contribution is 2.52. The number of fused-ring (bicyclic) bond motifs is 4. The zero-order valence-corrected chi connectivity index (χ0v) is 18.4. The topological polar surface area (TPSA) is 59.5 Å². The number of aromatic hydroxyl groups is 1. The van der Waals surface area contributed by atoms with Crippen LogP contribution in [0.1, 0.15) is 28.8 Å². The number of phenols is 1. The van der Waals surface area contributed by atoms with Crippen molar-refractivity contribution in [3.63, 3.8) is 0 Å². The molecule has 1 aliphatic heterocycles. The van der Waals surface area contributed by atoms with E-state index in [1.165, 1.54) is 17.7 Å². The summed E-state index contributed by atoms with van der Waals surface area (Å²) in [7, 11) is 0. The molecule has 1 aliphatic carbocycles. The van der Waals surface area contributed by atoms with E-state index < -0.39 is 11.0 Å². The Morgan fingerprint density at radius 3 is 2.64 bits per heavy atom. The van der Waals surface area contributed by atoms with Crippen LogP contribution < -0.4 is 0 Å². The number of rotatable bonds is 3. The van der Waals surface area contributed by atoms with Gasteiger partial charge in [-0.3, -0.25) is 4.90 Å². The number of halogens is 1. The third kappa shape index (κ3) is 3.26. The molecule has 0 saturated carbocycles. The molecule has 3 N–H and O–H groups in total. The fraction of sp³-hybridized carbons (Fsp3) is 0.286. The maximum absolute atomic E-state index is 13.9. The van der Waals surface area contributed by atoms with Gasteiger partial charge in [-0.2, -0.15) is 0 Å². The van der Waals surface area contributed by atoms with E-state index in [0.717, 1.165) is 47.2 Å². The van der Waals surface area contributed by atoms with Crippen molar-refractivity contribution in [2.24, 2.45) is 0 Å². The third-order valence-electron chi connectivity index (χ3n) is 7.78. The number of H-pyrrole nitrogens is 1. The summed E-state index contributed by atoms with van der Waals surface area (Å²) in [4.78, 5) is 5.77. The van der Waals surface area contributed by atoms with Crippen molar-refractivity contribution in [3.8, 4) is 5.75 Å². The first-order valence-electron chi connectivity index (χ1n) is 11.5. The summed E-state index contributed by atoms with van der Waals surface area (Å²) in [5, 5.41) is 23.6. The molecule has 5 heteroatoms. The average molecular weight is 443 g/mol. The first-order valence-corrected chi connectivity index (χ1v) is 11.5. The summed E-state index contributed by atoms with van der Waals surface area (Å²) in [5.74, 6) is -0.0607. The number of aromatic nitrogens is 1. The summed E-state index contributed by atoms with van der Waals surface area (Å²) in [6.45, 7) is 2.16. The van der Waals surface area contributed by atoms with Gasteiger partial charge in [-0.15, -0.1) is 0 Å². The van der Waals surface area contributed by atoms with Crippen molar-refractivity contribution in [3.05, 3.63) is 101 Å². The second-order valence-corrected chi connectivity index (χ2v) is 9.74. The Morgan fingerprint density at radius 2 is 1.82 bits per heavy atom. The lowest BCUT2D eigenvalue weighted by Crippen LogP contribution is -2.66. The Morgan fingerprint density at radius 1 is 0.970 bits per heavy atom. The van der Waals surface area contributed by atoms with Crippen molar-refractivity contribution < 1.29 is 14.6 Å². The molecule has 0 spiro atoms. The second-order valence-electron chi connectivity index (χ2n) is 9.74. The zero-order chi connectivity index (χ0) is 22.6. The Kier molecular flexibility index (Phi) is 4.61. The van der Waals surface area contributed by atoms with Gasteiger partial charge in [-0.05, 0) is 60.0 Å². The van der Waals surface area contributed by atoms with Crippen LogP contribution in [-0.2, 0) is 24.8 Å². The van der Waals surface area contributed by atoms with E-state index in [9.17, 15) is 14.6 Å². The molecule has 1 saturated heterocycles. The molecule has 4 nitrogen and oxygen atoms in total. The number of aromatic amines is 1. The number of nitrogens with one attached hydrogen (secondary N) is 1. The minimum Gasteiger partial charge on any atom is -0.508 e. The van der Waals surface area contributed by atoms with Gasteiger partial charge in [0.1, 0.15) is 11.6 Å². The van der Waals surface area contributed by atoms with E-state index in [-0.39, 0.29) is 11.6 Å². The summed E-state index contributed by atoms with van der Waals surface area (Å²) in [6, 6.07) is 22.5. The van der Waals surface area contributed by atoms with E-state index in [1.807, 2.05) is 36.4 Å². The number of benzene rings is 3. The normalized spacial score (nSPS) is 25.0. The molecule has 3 aromatic carbocycles. The molecule has 2 atom stereocenters. The van der Waals surface area contributed by atoms with E-state index in [2.05, 4.69) is 22.0 Å². The number of likely N-dealkylation sites (tertiary alicyclic amines) is 1. The van der Waals surface area contributed by atoms with Gasteiger partial charge in [0, 0.05) is 47.9 Å². The smallest absolute Gasteiger partial charge is 0.125 e. The Hall–Kier alpha value is -3.15. The van der Waals surface area contributed by atoms with Gasteiger partial charge in [0.2, 0.25) is 0 Å². The van der Waals surface area contributed by atoms with Crippen molar-refractivity contribution in [1.82, 2.24) is 9.88 Å². The monoisotopic (exact) mass is 442 g/mol. The maximum atomic E-state index is 13.9. The summed E-state index contributed by atoms with van der Waals surface area (Å²) < 4.78 is 13.9. The van der Waals surface area contributed by atoms with Gasteiger partial charge in [0.05, 0.1) is 5.60 Å². The summed E-state index contributed by atoms with van der Waals surface area (Å²) >= 11 is 0. The Bertz CT molecular complexity index is 1330. The highest BCUT2D eigenvalue weighted by Gasteiger charge is 2.57. The Labute approximate surface area is 192 Å². The van der Waals surface area contributed by atoms with Crippen LogP contribution >= 0.6 is 0 Å². The molecule has 33 heavy (non-hydrogen) atoms. The van der Waals surface area contributed by atoms with Crippen molar-refractivity contribution in [1.29, 1.82) is 0 Å². The zero-order valence-electron chi connectivity index (χ0n) is 18.4. The minimum absolute atomic E-state index is 0.209. The third-order valence-corrected chi connectivity index (χ3v) is 7.78. The molecule has 2 aliphatic rings. The maximum Gasteiger partial charge on any atom is 0.125 e. The molecule has 2 heterocycles. The number of hydrogen-bond donors (Lipinski definition) is 3. The second kappa shape index (κ2) is 7.44. The molecule has 0 radical (unpaired) electrons. The van der Waals surface area contributed by atoms with Crippen LogP contribution in [0.15, 0.2) is 72.8 Å². The SMILES string of the molecule is Oc1cccc(C23CCN(Cc4ccccc4)CC2(O)Cc2c([nH]c4cc(F)ccc24)C3)c1. The molecule has 0 amide bonds. The van der Waals surface area contributed by atoms with Crippen molar-refractivity contribution in [2.45, 2.75) is 36.8 Å². The van der Waals surface area contributed by atoms with Gasteiger partial charge in [-0.1, -0.05) is 42.5 Å². The first-order chi connectivity index (χ1) is 16.0. The fourth-order valence-corrected chi connectivity index (χ4v) is 6.19. The van der Waals surface area contributed by atoms with Crippen LogP contribution in [0.2, 0.25) is 0 Å². The van der Waals surface area contributed by atoms with E-state index in [4.69, 9.17) is 0 Å². The standard InChI is InChI=1S/C28H27FN2O2/c29-21-9-10-23-24-15-28(33)18-31(17-19-5-2-1-3-6-19)12-11-27(28,16-26(24)30-25(23)14-21)20-7-4-8-22(32)13-20/h1-10,13-14,30,32-33H,11-12,15-18H2. The quantitative estimate of drug-likeness (QED) is 0.432. The number of hydrogen-bond acceptors (Lipinski definition) is 3. The van der Waals surface area contributed by atoms with E-state index in [1.54, 1.807) is 12.1 Å². The van der Waals surface area contributed by atoms with E-state index in [0.29, 0.717) is 19.4 Å². The van der Waals surface area contributed by atoms with Gasteiger partial charge in [-0.25, -0.2) is 4.39 Å². The predicted molar refractivity (Wildman–Crippen MR) is 127 cm³/mol. The molecule has 1 fully saturated rings. The van der Waals surface area contributed by atoms with Crippen molar-refractivity contribution in [2.75, 3.05) is 13.1 Å². The predicted octanol–water partition coefficient (Wildman–Crippen LogP) is 4.69. The first kappa shape index (κ1) is 20.5. The van der Waals surface area contributed by atoms with Crippen molar-refractivity contribution >= 4 is 10.9 Å². The van der Waals surface area contributed by atoms with Gasteiger partial charge < -0.3 is 15.2 Å². The number of aliphatic hydroxyl groups is 1. The molecule has 1 aromatic heterocycles. The molecule has 0 bridgehead atoms.